The number of halogens is 1. The monoisotopic (exact) mass is 240 g/mol. The Labute approximate surface area is 99.9 Å². The fraction of sp³-hybridized carbons (Fsp3) is 0.462. The maximum atomic E-state index is 12.7. The molecule has 17 heavy (non-hydrogen) atoms. The molecule has 0 saturated carbocycles. The molecule has 0 spiro atoms. The molecule has 0 aliphatic carbocycles. The molecule has 0 bridgehead atoms. The molecule has 94 valence electrons. The average Bonchev–Trinajstić information content (AvgIpc) is 2.18. The zero-order chi connectivity index (χ0) is 13.1. The van der Waals surface area contributed by atoms with Crippen molar-refractivity contribution < 1.29 is 19.4 Å². The van der Waals surface area contributed by atoms with E-state index in [2.05, 4.69) is 0 Å². The van der Waals surface area contributed by atoms with Crippen LogP contribution < -0.4 is 0 Å². The highest BCUT2D eigenvalue weighted by Crippen LogP contribution is 2.25. The number of aliphatic carboxylic acids is 1. The van der Waals surface area contributed by atoms with Gasteiger partial charge in [0.05, 0.1) is 11.5 Å². The van der Waals surface area contributed by atoms with Crippen molar-refractivity contribution in [2.45, 2.75) is 38.2 Å². The molecule has 1 unspecified atom stereocenters. The van der Waals surface area contributed by atoms with Crippen molar-refractivity contribution >= 4 is 5.97 Å². The van der Waals surface area contributed by atoms with Crippen molar-refractivity contribution in [3.63, 3.8) is 0 Å². The Hall–Kier alpha value is -1.42. The van der Waals surface area contributed by atoms with Crippen molar-refractivity contribution in [1.82, 2.24) is 0 Å². The molecule has 0 aliphatic rings. The molecule has 0 fully saturated rings. The lowest BCUT2D eigenvalue weighted by molar-refractivity contribution is -0.139. The largest absolute Gasteiger partial charge is 0.481 e. The van der Waals surface area contributed by atoms with Crippen molar-refractivity contribution in [3.05, 3.63) is 35.6 Å². The zero-order valence-electron chi connectivity index (χ0n) is 9.98. The third-order valence-electron chi connectivity index (χ3n) is 2.62. The van der Waals surface area contributed by atoms with Gasteiger partial charge in [-0.1, -0.05) is 12.1 Å². The second-order valence-electron chi connectivity index (χ2n) is 4.79. The van der Waals surface area contributed by atoms with E-state index in [1.807, 2.05) is 0 Å². The molecule has 0 aromatic heterocycles. The van der Waals surface area contributed by atoms with Gasteiger partial charge >= 0.3 is 5.97 Å². The van der Waals surface area contributed by atoms with Crippen LogP contribution in [0, 0.1) is 5.82 Å². The van der Waals surface area contributed by atoms with Crippen molar-refractivity contribution in [1.29, 1.82) is 0 Å². The molecule has 3 nitrogen and oxygen atoms in total. The van der Waals surface area contributed by atoms with Gasteiger partial charge in [-0.2, -0.15) is 0 Å². The van der Waals surface area contributed by atoms with Gasteiger partial charge < -0.3 is 10.2 Å². The fourth-order valence-electron chi connectivity index (χ4n) is 1.63. The van der Waals surface area contributed by atoms with E-state index in [1.165, 1.54) is 24.3 Å². The number of carboxylic acids is 1. The summed E-state index contributed by atoms with van der Waals surface area (Å²) in [5.74, 6) is -2.05. The number of hydrogen-bond acceptors (Lipinski definition) is 2. The molecule has 0 aliphatic heterocycles. The van der Waals surface area contributed by atoms with Crippen LogP contribution in [0.25, 0.3) is 0 Å². The quantitative estimate of drug-likeness (QED) is 0.831. The Balaban J connectivity index is 2.79. The van der Waals surface area contributed by atoms with E-state index < -0.39 is 17.5 Å². The summed E-state index contributed by atoms with van der Waals surface area (Å²) in [6.45, 7) is 3.27. The molecular formula is C13H17FO3. The number of aliphatic hydroxyl groups is 1. The summed E-state index contributed by atoms with van der Waals surface area (Å²) >= 11 is 0. The minimum atomic E-state index is -0.958. The van der Waals surface area contributed by atoms with Crippen LogP contribution in [-0.4, -0.2) is 21.8 Å². The lowest BCUT2D eigenvalue weighted by atomic mass is 9.90. The highest BCUT2D eigenvalue weighted by molar-refractivity contribution is 5.76. The standard InChI is InChI=1S/C13H17FO3/c1-13(2,17)8-7-11(12(15)16)9-3-5-10(14)6-4-9/h3-6,11,17H,7-8H2,1-2H3,(H,15,16). The van der Waals surface area contributed by atoms with Crippen LogP contribution in [0.4, 0.5) is 4.39 Å². The maximum absolute atomic E-state index is 12.7. The number of benzene rings is 1. The van der Waals surface area contributed by atoms with E-state index in [0.29, 0.717) is 18.4 Å². The number of carbonyl (C=O) groups is 1. The predicted octanol–water partition coefficient (Wildman–Crippen LogP) is 2.55. The molecule has 1 atom stereocenters. The molecule has 0 amide bonds. The molecule has 1 aromatic rings. The lowest BCUT2D eigenvalue weighted by Crippen LogP contribution is -2.21. The summed E-state index contributed by atoms with van der Waals surface area (Å²) in [7, 11) is 0. The minimum Gasteiger partial charge on any atom is -0.481 e. The molecule has 2 N–H and O–H groups in total. The van der Waals surface area contributed by atoms with Gasteiger partial charge in [-0.3, -0.25) is 4.79 Å². The second kappa shape index (κ2) is 5.27. The summed E-state index contributed by atoms with van der Waals surface area (Å²) in [6, 6.07) is 5.43. The van der Waals surface area contributed by atoms with E-state index in [4.69, 9.17) is 5.11 Å². The van der Waals surface area contributed by atoms with Crippen molar-refractivity contribution in [2.24, 2.45) is 0 Å². The summed E-state index contributed by atoms with van der Waals surface area (Å²) in [5, 5.41) is 18.7. The Morgan fingerprint density at radius 2 is 1.88 bits per heavy atom. The van der Waals surface area contributed by atoms with Crippen molar-refractivity contribution in [2.75, 3.05) is 0 Å². The van der Waals surface area contributed by atoms with Gasteiger partial charge in [-0.15, -0.1) is 0 Å². The van der Waals surface area contributed by atoms with E-state index in [-0.39, 0.29) is 5.82 Å². The number of rotatable bonds is 5. The Bertz CT molecular complexity index is 379. The molecule has 4 heteroatoms. The Kier molecular flexibility index (Phi) is 4.23. The molecule has 0 saturated heterocycles. The Morgan fingerprint density at radius 3 is 2.29 bits per heavy atom. The first kappa shape index (κ1) is 13.6. The predicted molar refractivity (Wildman–Crippen MR) is 62.3 cm³/mol. The van der Waals surface area contributed by atoms with Gasteiger partial charge in [0.2, 0.25) is 0 Å². The fourth-order valence-corrected chi connectivity index (χ4v) is 1.63. The third kappa shape index (κ3) is 4.53. The van der Waals surface area contributed by atoms with Crippen LogP contribution >= 0.6 is 0 Å². The topological polar surface area (TPSA) is 57.5 Å². The molecule has 1 aromatic carbocycles. The normalized spacial score (nSPS) is 13.4. The van der Waals surface area contributed by atoms with Crippen LogP contribution in [-0.2, 0) is 4.79 Å². The van der Waals surface area contributed by atoms with Gasteiger partial charge in [0.25, 0.3) is 0 Å². The van der Waals surface area contributed by atoms with Gasteiger partial charge in [0.15, 0.2) is 0 Å². The molecule has 1 rings (SSSR count). The highest BCUT2D eigenvalue weighted by Gasteiger charge is 2.23. The van der Waals surface area contributed by atoms with Crippen molar-refractivity contribution in [3.8, 4) is 0 Å². The number of carboxylic acid groups (broad SMARTS) is 1. The van der Waals surface area contributed by atoms with Crippen LogP contribution in [0.5, 0.6) is 0 Å². The molecular weight excluding hydrogens is 223 g/mol. The third-order valence-corrected chi connectivity index (χ3v) is 2.62. The van der Waals surface area contributed by atoms with Gasteiger partial charge in [0.1, 0.15) is 5.82 Å². The zero-order valence-corrected chi connectivity index (χ0v) is 9.98. The lowest BCUT2D eigenvalue weighted by Gasteiger charge is -2.20. The first-order valence-corrected chi connectivity index (χ1v) is 5.50. The smallest absolute Gasteiger partial charge is 0.310 e. The summed E-state index contributed by atoms with van der Waals surface area (Å²) < 4.78 is 12.7. The minimum absolute atomic E-state index is 0.324. The maximum Gasteiger partial charge on any atom is 0.310 e. The van der Waals surface area contributed by atoms with Gasteiger partial charge in [-0.05, 0) is 44.4 Å². The summed E-state index contributed by atoms with van der Waals surface area (Å²) in [5.41, 5.74) is -0.337. The summed E-state index contributed by atoms with van der Waals surface area (Å²) in [4.78, 5) is 11.1. The van der Waals surface area contributed by atoms with Crippen LogP contribution in [0.2, 0.25) is 0 Å². The van der Waals surface area contributed by atoms with E-state index >= 15 is 0 Å². The second-order valence-corrected chi connectivity index (χ2v) is 4.79. The molecule has 0 heterocycles. The first-order valence-electron chi connectivity index (χ1n) is 5.50. The van der Waals surface area contributed by atoms with E-state index in [0.717, 1.165) is 0 Å². The molecule has 0 radical (unpaired) electrons. The van der Waals surface area contributed by atoms with E-state index in [1.54, 1.807) is 13.8 Å². The SMILES string of the molecule is CC(C)(O)CCC(C(=O)O)c1ccc(F)cc1. The van der Waals surface area contributed by atoms with Crippen LogP contribution in [0.3, 0.4) is 0 Å². The van der Waals surface area contributed by atoms with Gasteiger partial charge in [-0.25, -0.2) is 4.39 Å². The average molecular weight is 240 g/mol. The van der Waals surface area contributed by atoms with Gasteiger partial charge in [0, 0.05) is 0 Å². The Morgan fingerprint density at radius 1 is 1.35 bits per heavy atom. The number of hydrogen-bond donors (Lipinski definition) is 2. The van der Waals surface area contributed by atoms with Crippen LogP contribution in [0.1, 0.15) is 38.2 Å². The summed E-state index contributed by atoms with van der Waals surface area (Å²) in [6.07, 6.45) is 0.700. The first-order chi connectivity index (χ1) is 7.79. The van der Waals surface area contributed by atoms with Crippen LogP contribution in [0.15, 0.2) is 24.3 Å². The van der Waals surface area contributed by atoms with E-state index in [9.17, 15) is 14.3 Å². The highest BCUT2D eigenvalue weighted by atomic mass is 19.1.